The van der Waals surface area contributed by atoms with Crippen molar-refractivity contribution in [3.63, 3.8) is 0 Å². The summed E-state index contributed by atoms with van der Waals surface area (Å²) in [5.41, 5.74) is 0. The zero-order valence-electron chi connectivity index (χ0n) is 14.3. The van der Waals surface area contributed by atoms with Gasteiger partial charge in [0.2, 0.25) is 0 Å². The van der Waals surface area contributed by atoms with Gasteiger partial charge in [-0.25, -0.2) is 0 Å². The molecule has 1 aliphatic heterocycles. The van der Waals surface area contributed by atoms with Crippen LogP contribution in [0.1, 0.15) is 0 Å². The number of hydrogen-bond acceptors (Lipinski definition) is 10. The zero-order chi connectivity index (χ0) is 16.0. The molecule has 0 aliphatic carbocycles. The maximum atomic E-state index is 10.0. The van der Waals surface area contributed by atoms with Crippen LogP contribution in [0.3, 0.4) is 0 Å². The van der Waals surface area contributed by atoms with E-state index < -0.39 is 44.0 Å². The second-order valence-electron chi connectivity index (χ2n) is 5.00. The molecule has 0 aromatic rings. The van der Waals surface area contributed by atoms with Crippen LogP contribution < -0.4 is 0 Å². The van der Waals surface area contributed by atoms with Crippen LogP contribution in [-0.4, -0.2) is 68.0 Å². The Hall–Kier alpha value is 5.94. The second-order valence-corrected chi connectivity index (χ2v) is 18.1. The average Bonchev–Trinajstić information content (AvgIpc) is 1.84. The van der Waals surface area contributed by atoms with Crippen LogP contribution in [0.15, 0.2) is 0 Å². The van der Waals surface area contributed by atoms with Crippen molar-refractivity contribution in [1.29, 1.82) is 0 Å². The molecule has 5 N–H and O–H groups in total. The van der Waals surface area contributed by atoms with Crippen LogP contribution in [0.5, 0.6) is 0 Å². The predicted octanol–water partition coefficient (Wildman–Crippen LogP) is -2.11. The van der Waals surface area contributed by atoms with Gasteiger partial charge in [0.25, 0.3) is 0 Å². The zero-order valence-corrected chi connectivity index (χ0v) is 40.1. The molecule has 1 fully saturated rings. The first-order valence-electron chi connectivity index (χ1n) is 5.66. The Bertz CT molecular complexity index is 286. The third-order valence-electron chi connectivity index (χ3n) is 1.89. The Morgan fingerprint density at radius 1 is 0.360 bits per heavy atom. The molecule has 25 heavy (non-hydrogen) atoms. The molecule has 1 heterocycles. The first-order valence-corrected chi connectivity index (χ1v) is 17.0. The van der Waals surface area contributed by atoms with Crippen LogP contribution in [-0.2, 0) is 20.6 Å². The average molecular weight is 1570 g/mol. The fourth-order valence-corrected chi connectivity index (χ4v) is 18.6. The van der Waals surface area contributed by atoms with Crippen molar-refractivity contribution >= 4 is 44.0 Å². The van der Waals surface area contributed by atoms with Gasteiger partial charge in [0.05, 0.1) is 0 Å². The van der Waals surface area contributed by atoms with Gasteiger partial charge in [0.15, 0.2) is 0 Å². The third kappa shape index (κ3) is 18.1. The normalized spacial score (nSPS) is 44.4. The van der Waals surface area contributed by atoms with E-state index in [1.807, 2.05) is 0 Å². The van der Waals surface area contributed by atoms with E-state index in [1.165, 1.54) is 0 Å². The first kappa shape index (κ1) is 41.2. The Kier molecular flexibility index (Phi) is 24.7. The Labute approximate surface area is 271 Å². The van der Waals surface area contributed by atoms with Gasteiger partial charge in [0, 0.05) is 188 Å². The molecule has 1 rings (SSSR count). The van der Waals surface area contributed by atoms with Gasteiger partial charge in [-0.2, -0.15) is 0 Å². The molecule has 0 bridgehead atoms. The van der Waals surface area contributed by atoms with E-state index in [0.717, 1.165) is 32.7 Å². The Balaban J connectivity index is -0.000000267. The fraction of sp³-hybridized carbons (Fsp3) is 1.00. The van der Waals surface area contributed by atoms with Gasteiger partial charge in [-0.15, -0.1) is 0 Å². The maximum absolute atomic E-state index is 10.0. The minimum atomic E-state index is -3.98. The summed E-state index contributed by atoms with van der Waals surface area (Å²) in [4.78, 5) is 50.1. The SMILES string of the molecule is C[Si]1(O)O[Si](C)(O)O[Si](C)(O)O[Si](C)(O)O[Si](C)(O)O1.[U].[U].[U].[U].[U]. The molecular weight excluding hydrogens is 1550 g/mol. The van der Waals surface area contributed by atoms with Gasteiger partial charge in [-0.1, -0.05) is 0 Å². The minimum absolute atomic E-state index is 0. The Morgan fingerprint density at radius 3 is 0.520 bits per heavy atom. The van der Waals surface area contributed by atoms with Crippen molar-refractivity contribution < 1.29 is 200 Å². The molecule has 0 aromatic heterocycles. The molecule has 0 amide bonds. The van der Waals surface area contributed by atoms with Crippen LogP contribution in [0, 0.1) is 156 Å². The summed E-state index contributed by atoms with van der Waals surface area (Å²) in [6, 6.07) is 0. The number of hydrogen-bond donors (Lipinski definition) is 5. The third-order valence-corrected chi connectivity index (χ3v) is 17.0. The molecular formula is C5H20O10Si5U5. The topological polar surface area (TPSA) is 147 Å². The number of rotatable bonds is 0. The standard InChI is InChI=1S/C5H20O10Si5.5U/c1-16(6)11-17(2,7)13-19(4,9)15-20(5,10)14-18(3,8)12-16;;;;;/h6-10H,1-5H3;;;;;. The summed E-state index contributed by atoms with van der Waals surface area (Å²) < 4.78 is 25.0. The van der Waals surface area contributed by atoms with Crippen LogP contribution in [0.25, 0.3) is 0 Å². The van der Waals surface area contributed by atoms with Crippen LogP contribution in [0.2, 0.25) is 32.7 Å². The summed E-state index contributed by atoms with van der Waals surface area (Å²) in [5.74, 6) is 0. The molecule has 140 valence electrons. The molecule has 1 aliphatic rings. The van der Waals surface area contributed by atoms with Gasteiger partial charge < -0.3 is 44.6 Å². The molecule has 0 spiro atoms. The smallest absolute Gasteiger partial charge is 0.391 e. The van der Waals surface area contributed by atoms with Gasteiger partial charge in [-0.3, -0.25) is 0 Å². The van der Waals surface area contributed by atoms with E-state index in [0.29, 0.717) is 0 Å². The van der Waals surface area contributed by atoms with E-state index in [-0.39, 0.29) is 156 Å². The first-order chi connectivity index (χ1) is 8.54. The molecule has 1 saturated heterocycles. The van der Waals surface area contributed by atoms with Crippen LogP contribution >= 0.6 is 0 Å². The van der Waals surface area contributed by atoms with Crippen molar-refractivity contribution in [3.8, 4) is 0 Å². The maximum Gasteiger partial charge on any atom is 0.480 e. The van der Waals surface area contributed by atoms with Crippen molar-refractivity contribution in [2.24, 2.45) is 0 Å². The summed E-state index contributed by atoms with van der Waals surface area (Å²) >= 11 is 0. The summed E-state index contributed by atoms with van der Waals surface area (Å²) in [6.07, 6.45) is 0. The molecule has 10 nitrogen and oxygen atoms in total. The van der Waals surface area contributed by atoms with Gasteiger partial charge in [-0.05, 0) is 0 Å². The molecule has 0 aromatic carbocycles. The van der Waals surface area contributed by atoms with E-state index in [1.54, 1.807) is 0 Å². The van der Waals surface area contributed by atoms with Crippen molar-refractivity contribution in [1.82, 2.24) is 0 Å². The molecule has 0 unspecified atom stereocenters. The quantitative estimate of drug-likeness (QED) is 0.171. The van der Waals surface area contributed by atoms with Gasteiger partial charge >= 0.3 is 44.0 Å². The van der Waals surface area contributed by atoms with Crippen molar-refractivity contribution in [3.05, 3.63) is 0 Å². The van der Waals surface area contributed by atoms with Crippen molar-refractivity contribution in [2.45, 2.75) is 32.7 Å². The van der Waals surface area contributed by atoms with E-state index in [2.05, 4.69) is 0 Å². The van der Waals surface area contributed by atoms with Crippen molar-refractivity contribution in [2.75, 3.05) is 0 Å². The molecule has 0 radical (unpaired) electrons. The summed E-state index contributed by atoms with van der Waals surface area (Å²) in [5, 5.41) is 0. The van der Waals surface area contributed by atoms with E-state index in [9.17, 15) is 24.0 Å². The summed E-state index contributed by atoms with van der Waals surface area (Å²) in [6.45, 7) is 5.75. The molecule has 20 heteroatoms. The molecule has 0 saturated carbocycles. The summed E-state index contributed by atoms with van der Waals surface area (Å²) in [7, 11) is -19.9. The van der Waals surface area contributed by atoms with E-state index in [4.69, 9.17) is 20.6 Å². The monoisotopic (exact) mass is 1570 g/mol. The van der Waals surface area contributed by atoms with E-state index >= 15 is 0 Å². The fourth-order valence-electron chi connectivity index (χ4n) is 1.86. The van der Waals surface area contributed by atoms with Crippen LogP contribution in [0.4, 0.5) is 0 Å². The predicted molar refractivity (Wildman–Crippen MR) is 74.6 cm³/mol. The second kappa shape index (κ2) is 15.0. The minimum Gasteiger partial charge on any atom is -0.391 e. The molecule has 0 atom stereocenters. The van der Waals surface area contributed by atoms with Gasteiger partial charge in [0.1, 0.15) is 0 Å². The largest absolute Gasteiger partial charge is 0.480 e. The Morgan fingerprint density at radius 2 is 0.440 bits per heavy atom.